The number of likely N-dealkylation sites (tertiary alicyclic amines) is 1. The van der Waals surface area contributed by atoms with Gasteiger partial charge in [-0.25, -0.2) is 0 Å². The lowest BCUT2D eigenvalue weighted by Gasteiger charge is -2.38. The van der Waals surface area contributed by atoms with Gasteiger partial charge < -0.3 is 10.0 Å². The molecule has 2 rings (SSSR count). The van der Waals surface area contributed by atoms with Gasteiger partial charge in [0.25, 0.3) is 0 Å². The van der Waals surface area contributed by atoms with Gasteiger partial charge in [0.05, 0.1) is 6.10 Å². The molecule has 1 atom stereocenters. The van der Waals surface area contributed by atoms with Gasteiger partial charge in [0, 0.05) is 18.1 Å². The van der Waals surface area contributed by atoms with Crippen molar-refractivity contribution >= 4 is 11.6 Å². The number of piperidine rings is 1. The van der Waals surface area contributed by atoms with Gasteiger partial charge in [0.2, 0.25) is 0 Å². The summed E-state index contributed by atoms with van der Waals surface area (Å²) in [6, 6.07) is 7.57. The molecule has 1 aliphatic rings. The summed E-state index contributed by atoms with van der Waals surface area (Å²) < 4.78 is 0. The van der Waals surface area contributed by atoms with Crippen LogP contribution in [0, 0.1) is 5.41 Å². The normalized spacial score (nSPS) is 21.3. The van der Waals surface area contributed by atoms with E-state index in [9.17, 15) is 5.11 Å². The number of aliphatic hydroxyl groups is 1. The molecule has 0 amide bonds. The summed E-state index contributed by atoms with van der Waals surface area (Å²) in [5.41, 5.74) is 1.26. The van der Waals surface area contributed by atoms with Gasteiger partial charge in [0.15, 0.2) is 0 Å². The SMILES string of the molecule is CC1(C)CCCN(CCC(O)c2ccccc2Cl)C1. The van der Waals surface area contributed by atoms with Gasteiger partial charge in [-0.2, -0.15) is 0 Å². The monoisotopic (exact) mass is 281 g/mol. The Kier molecular flexibility index (Phi) is 4.88. The highest BCUT2D eigenvalue weighted by atomic mass is 35.5. The summed E-state index contributed by atoms with van der Waals surface area (Å²) in [5.74, 6) is 0. The van der Waals surface area contributed by atoms with Crippen LogP contribution in [-0.2, 0) is 0 Å². The second-order valence-corrected chi connectivity index (χ2v) is 6.78. The largest absolute Gasteiger partial charge is 0.388 e. The number of nitrogens with zero attached hydrogens (tertiary/aromatic N) is 1. The van der Waals surface area contributed by atoms with Gasteiger partial charge in [-0.3, -0.25) is 0 Å². The lowest BCUT2D eigenvalue weighted by Crippen LogP contribution is -2.40. The van der Waals surface area contributed by atoms with Crippen molar-refractivity contribution in [1.82, 2.24) is 4.90 Å². The Morgan fingerprint density at radius 2 is 2.11 bits per heavy atom. The Labute approximate surface area is 121 Å². The van der Waals surface area contributed by atoms with E-state index < -0.39 is 6.10 Å². The summed E-state index contributed by atoms with van der Waals surface area (Å²) in [6.45, 7) is 7.87. The van der Waals surface area contributed by atoms with Crippen molar-refractivity contribution in [2.75, 3.05) is 19.6 Å². The van der Waals surface area contributed by atoms with Crippen molar-refractivity contribution in [2.45, 2.75) is 39.2 Å². The number of benzene rings is 1. The molecule has 0 bridgehead atoms. The van der Waals surface area contributed by atoms with Crippen molar-refractivity contribution in [2.24, 2.45) is 5.41 Å². The molecule has 1 aromatic carbocycles. The molecule has 0 saturated carbocycles. The Balaban J connectivity index is 1.87. The van der Waals surface area contributed by atoms with Crippen LogP contribution in [0.1, 0.15) is 44.8 Å². The highest BCUT2D eigenvalue weighted by Crippen LogP contribution is 2.30. The number of hydrogen-bond donors (Lipinski definition) is 1. The third-order valence-electron chi connectivity index (χ3n) is 3.96. The fraction of sp³-hybridized carbons (Fsp3) is 0.625. The first-order valence-electron chi connectivity index (χ1n) is 7.13. The van der Waals surface area contributed by atoms with Gasteiger partial charge in [-0.15, -0.1) is 0 Å². The fourth-order valence-corrected chi connectivity index (χ4v) is 3.20. The summed E-state index contributed by atoms with van der Waals surface area (Å²) >= 11 is 6.11. The second kappa shape index (κ2) is 6.25. The van der Waals surface area contributed by atoms with Gasteiger partial charge in [0.1, 0.15) is 0 Å². The molecule has 1 N–H and O–H groups in total. The molecule has 3 heteroatoms. The molecule has 0 aromatic heterocycles. The van der Waals surface area contributed by atoms with Crippen molar-refractivity contribution in [3.05, 3.63) is 34.9 Å². The van der Waals surface area contributed by atoms with E-state index in [0.29, 0.717) is 10.4 Å². The maximum absolute atomic E-state index is 10.3. The lowest BCUT2D eigenvalue weighted by atomic mass is 9.84. The first-order valence-corrected chi connectivity index (χ1v) is 7.51. The third-order valence-corrected chi connectivity index (χ3v) is 4.31. The Hall–Kier alpha value is -0.570. The predicted octanol–water partition coefficient (Wildman–Crippen LogP) is 3.89. The van der Waals surface area contributed by atoms with Crippen LogP contribution < -0.4 is 0 Å². The summed E-state index contributed by atoms with van der Waals surface area (Å²) in [7, 11) is 0. The highest BCUT2D eigenvalue weighted by molar-refractivity contribution is 6.31. The quantitative estimate of drug-likeness (QED) is 0.905. The molecule has 106 valence electrons. The predicted molar refractivity (Wildman–Crippen MR) is 80.5 cm³/mol. The van der Waals surface area contributed by atoms with E-state index in [4.69, 9.17) is 11.6 Å². The Morgan fingerprint density at radius 3 is 2.79 bits per heavy atom. The molecular weight excluding hydrogens is 258 g/mol. The fourth-order valence-electron chi connectivity index (χ4n) is 2.94. The minimum Gasteiger partial charge on any atom is -0.388 e. The molecule has 19 heavy (non-hydrogen) atoms. The van der Waals surface area contributed by atoms with Gasteiger partial charge >= 0.3 is 0 Å². The molecule has 1 unspecified atom stereocenters. The third kappa shape index (κ3) is 4.20. The Morgan fingerprint density at radius 1 is 1.37 bits per heavy atom. The number of aliphatic hydroxyl groups excluding tert-OH is 1. The van der Waals surface area contributed by atoms with Crippen molar-refractivity contribution in [3.63, 3.8) is 0 Å². The van der Waals surface area contributed by atoms with E-state index in [2.05, 4.69) is 18.7 Å². The molecule has 2 nitrogen and oxygen atoms in total. The average molecular weight is 282 g/mol. The van der Waals surface area contributed by atoms with Crippen LogP contribution in [0.4, 0.5) is 0 Å². The summed E-state index contributed by atoms with van der Waals surface area (Å²) in [6.07, 6.45) is 2.85. The van der Waals surface area contributed by atoms with E-state index in [0.717, 1.165) is 31.6 Å². The number of halogens is 1. The minimum absolute atomic E-state index is 0.410. The summed E-state index contributed by atoms with van der Waals surface area (Å²) in [5, 5.41) is 10.9. The minimum atomic E-state index is -0.460. The van der Waals surface area contributed by atoms with E-state index in [1.54, 1.807) is 0 Å². The standard InChI is InChI=1S/C16H24ClNO/c1-16(2)9-5-10-18(12-16)11-8-15(19)13-6-3-4-7-14(13)17/h3-4,6-7,15,19H,5,8-12H2,1-2H3. The molecule has 1 fully saturated rings. The van der Waals surface area contributed by atoms with Crippen molar-refractivity contribution < 1.29 is 5.11 Å². The zero-order valence-corrected chi connectivity index (χ0v) is 12.7. The molecule has 1 aliphatic heterocycles. The average Bonchev–Trinajstić information content (AvgIpc) is 2.35. The van der Waals surface area contributed by atoms with Gasteiger partial charge in [-0.05, 0) is 42.9 Å². The van der Waals surface area contributed by atoms with E-state index in [-0.39, 0.29) is 0 Å². The van der Waals surface area contributed by atoms with Crippen LogP contribution >= 0.6 is 11.6 Å². The first-order chi connectivity index (χ1) is 8.98. The smallest absolute Gasteiger partial charge is 0.0816 e. The number of hydrogen-bond acceptors (Lipinski definition) is 2. The first kappa shape index (κ1) is 14.8. The maximum Gasteiger partial charge on any atom is 0.0816 e. The molecule has 1 saturated heterocycles. The van der Waals surface area contributed by atoms with Crippen molar-refractivity contribution in [3.8, 4) is 0 Å². The number of rotatable bonds is 4. The van der Waals surface area contributed by atoms with Crippen LogP contribution in [0.2, 0.25) is 5.02 Å². The van der Waals surface area contributed by atoms with Crippen molar-refractivity contribution in [1.29, 1.82) is 0 Å². The van der Waals surface area contributed by atoms with Gasteiger partial charge in [-0.1, -0.05) is 43.6 Å². The molecule has 0 aliphatic carbocycles. The molecule has 0 spiro atoms. The zero-order chi connectivity index (χ0) is 13.9. The topological polar surface area (TPSA) is 23.5 Å². The molecule has 1 heterocycles. The maximum atomic E-state index is 10.3. The molecule has 1 aromatic rings. The van der Waals surface area contributed by atoms with E-state index in [1.807, 2.05) is 24.3 Å². The van der Waals surface area contributed by atoms with E-state index >= 15 is 0 Å². The lowest BCUT2D eigenvalue weighted by molar-refractivity contribution is 0.0900. The Bertz CT molecular complexity index is 419. The highest BCUT2D eigenvalue weighted by Gasteiger charge is 2.26. The van der Waals surface area contributed by atoms with Crippen LogP contribution in [0.25, 0.3) is 0 Å². The van der Waals surface area contributed by atoms with Crippen LogP contribution in [0.3, 0.4) is 0 Å². The molecule has 0 radical (unpaired) electrons. The van der Waals surface area contributed by atoms with Crippen LogP contribution in [0.5, 0.6) is 0 Å². The van der Waals surface area contributed by atoms with Crippen LogP contribution in [-0.4, -0.2) is 29.6 Å². The van der Waals surface area contributed by atoms with Crippen LogP contribution in [0.15, 0.2) is 24.3 Å². The molecular formula is C16H24ClNO. The summed E-state index contributed by atoms with van der Waals surface area (Å²) in [4.78, 5) is 2.46. The van der Waals surface area contributed by atoms with E-state index in [1.165, 1.54) is 12.8 Å². The zero-order valence-electron chi connectivity index (χ0n) is 11.9. The second-order valence-electron chi connectivity index (χ2n) is 6.37.